The molecule has 0 nitrogen and oxygen atoms in total. The zero-order valence-electron chi connectivity index (χ0n) is 9.50. The molecular formula is C16H16. The molecule has 0 aromatic heterocycles. The number of hydrogen-bond acceptors (Lipinski definition) is 0. The summed E-state index contributed by atoms with van der Waals surface area (Å²) in [5, 5.41) is 3.10. The minimum absolute atomic E-state index is 0.828. The van der Waals surface area contributed by atoms with Gasteiger partial charge in [-0.3, -0.25) is 0 Å². The van der Waals surface area contributed by atoms with Crippen molar-refractivity contribution >= 4 is 11.6 Å². The van der Waals surface area contributed by atoms with Crippen LogP contribution in [0.15, 0.2) is 29.8 Å². The summed E-state index contributed by atoms with van der Waals surface area (Å²) >= 11 is 0. The van der Waals surface area contributed by atoms with Gasteiger partial charge in [0, 0.05) is 0 Å². The second-order valence-electron chi connectivity index (χ2n) is 5.24. The summed E-state index contributed by atoms with van der Waals surface area (Å²) in [5.74, 6) is 0.828. The Morgan fingerprint density at radius 3 is 3.06 bits per heavy atom. The van der Waals surface area contributed by atoms with Crippen LogP contribution in [0.4, 0.5) is 0 Å². The van der Waals surface area contributed by atoms with Crippen LogP contribution in [0.5, 0.6) is 0 Å². The summed E-state index contributed by atoms with van der Waals surface area (Å²) in [6, 6.07) is 6.84. The lowest BCUT2D eigenvalue weighted by atomic mass is 9.73. The lowest BCUT2D eigenvalue weighted by Crippen LogP contribution is -2.39. The van der Waals surface area contributed by atoms with Gasteiger partial charge in [-0.2, -0.15) is 0 Å². The molecule has 0 heteroatoms. The molecule has 0 aliphatic heterocycles. The van der Waals surface area contributed by atoms with Gasteiger partial charge in [0.1, 0.15) is 0 Å². The molecule has 0 radical (unpaired) electrons. The SMILES string of the molecule is C1=C2CCc3cccc4c3=C2C(CC=4)CC1. The Bertz CT molecular complexity index is 601. The minimum Gasteiger partial charge on any atom is -0.0810 e. The maximum Gasteiger partial charge on any atom is -0.0115 e. The second-order valence-corrected chi connectivity index (χ2v) is 5.24. The molecule has 0 saturated heterocycles. The Morgan fingerprint density at radius 1 is 1.06 bits per heavy atom. The van der Waals surface area contributed by atoms with Gasteiger partial charge < -0.3 is 0 Å². The summed E-state index contributed by atoms with van der Waals surface area (Å²) < 4.78 is 0. The third-order valence-electron chi connectivity index (χ3n) is 4.40. The highest BCUT2D eigenvalue weighted by molar-refractivity contribution is 5.72. The van der Waals surface area contributed by atoms with Crippen LogP contribution in [0.3, 0.4) is 0 Å². The Morgan fingerprint density at radius 2 is 2.06 bits per heavy atom. The van der Waals surface area contributed by atoms with Crippen molar-refractivity contribution in [1.29, 1.82) is 0 Å². The third kappa shape index (κ3) is 1.05. The number of allylic oxidation sites excluding steroid dienone is 2. The van der Waals surface area contributed by atoms with E-state index in [0.29, 0.717) is 0 Å². The van der Waals surface area contributed by atoms with E-state index in [1.54, 1.807) is 21.9 Å². The first-order valence-corrected chi connectivity index (χ1v) is 6.45. The smallest absolute Gasteiger partial charge is 0.0115 e. The van der Waals surface area contributed by atoms with Crippen molar-refractivity contribution in [3.8, 4) is 0 Å². The summed E-state index contributed by atoms with van der Waals surface area (Å²) in [7, 11) is 0. The topological polar surface area (TPSA) is 0 Å². The van der Waals surface area contributed by atoms with Gasteiger partial charge in [-0.25, -0.2) is 0 Å². The van der Waals surface area contributed by atoms with Crippen LogP contribution >= 0.6 is 0 Å². The van der Waals surface area contributed by atoms with Crippen LogP contribution in [-0.4, -0.2) is 0 Å². The standard InChI is InChI=1S/C16H16/c1-3-11-7-9-13-5-2-6-14-10-8-12(4-1)15(11)16(13)14/h1,3-5,8,14H,2,6-7,9-10H2. The molecule has 1 aromatic carbocycles. The van der Waals surface area contributed by atoms with Crippen molar-refractivity contribution in [2.24, 2.45) is 5.92 Å². The van der Waals surface area contributed by atoms with Crippen molar-refractivity contribution in [1.82, 2.24) is 0 Å². The van der Waals surface area contributed by atoms with Gasteiger partial charge in [0.15, 0.2) is 0 Å². The van der Waals surface area contributed by atoms with Gasteiger partial charge in [-0.1, -0.05) is 30.4 Å². The first-order valence-electron chi connectivity index (χ1n) is 6.45. The second kappa shape index (κ2) is 3.10. The predicted molar refractivity (Wildman–Crippen MR) is 67.3 cm³/mol. The van der Waals surface area contributed by atoms with Crippen molar-refractivity contribution in [3.05, 3.63) is 45.8 Å². The Balaban J connectivity index is 2.21. The molecule has 3 aliphatic rings. The van der Waals surface area contributed by atoms with Gasteiger partial charge in [-0.05, 0) is 65.2 Å². The monoisotopic (exact) mass is 208 g/mol. The van der Waals surface area contributed by atoms with Crippen molar-refractivity contribution < 1.29 is 0 Å². The normalized spacial score (nSPS) is 25.6. The zero-order chi connectivity index (χ0) is 10.5. The number of hydrogen-bond donors (Lipinski definition) is 0. The van der Waals surface area contributed by atoms with E-state index in [4.69, 9.17) is 0 Å². The lowest BCUT2D eigenvalue weighted by Gasteiger charge is -2.32. The lowest BCUT2D eigenvalue weighted by molar-refractivity contribution is 0.598. The van der Waals surface area contributed by atoms with Crippen LogP contribution < -0.4 is 10.4 Å². The number of aryl methyl sites for hydroxylation is 1. The Kier molecular flexibility index (Phi) is 1.71. The van der Waals surface area contributed by atoms with Crippen LogP contribution in [0.2, 0.25) is 0 Å². The van der Waals surface area contributed by atoms with Gasteiger partial charge in [0.2, 0.25) is 0 Å². The molecule has 16 heavy (non-hydrogen) atoms. The fourth-order valence-corrected chi connectivity index (χ4v) is 3.68. The molecule has 0 heterocycles. The maximum absolute atomic E-state index is 2.50. The number of benzene rings is 1. The van der Waals surface area contributed by atoms with Gasteiger partial charge in [-0.15, -0.1) is 0 Å². The van der Waals surface area contributed by atoms with E-state index in [2.05, 4.69) is 30.4 Å². The zero-order valence-corrected chi connectivity index (χ0v) is 9.50. The quantitative estimate of drug-likeness (QED) is 0.614. The van der Waals surface area contributed by atoms with Crippen molar-refractivity contribution in [3.63, 3.8) is 0 Å². The fourth-order valence-electron chi connectivity index (χ4n) is 3.68. The first kappa shape index (κ1) is 8.81. The summed E-state index contributed by atoms with van der Waals surface area (Å²) in [4.78, 5) is 0. The van der Waals surface area contributed by atoms with E-state index >= 15 is 0 Å². The fraction of sp³-hybridized carbons (Fsp3) is 0.375. The van der Waals surface area contributed by atoms with E-state index in [1.807, 2.05) is 0 Å². The van der Waals surface area contributed by atoms with E-state index < -0.39 is 0 Å². The van der Waals surface area contributed by atoms with Gasteiger partial charge in [0.05, 0.1) is 0 Å². The summed E-state index contributed by atoms with van der Waals surface area (Å²) in [6.07, 6.45) is 11.4. The largest absolute Gasteiger partial charge is 0.0810 e. The highest BCUT2D eigenvalue weighted by atomic mass is 14.3. The minimum atomic E-state index is 0.828. The highest BCUT2D eigenvalue weighted by Gasteiger charge is 2.26. The molecule has 4 rings (SSSR count). The first-order chi connectivity index (χ1) is 7.93. The molecule has 0 bridgehead atoms. The molecule has 0 saturated carbocycles. The van der Waals surface area contributed by atoms with E-state index in [0.717, 1.165) is 5.92 Å². The van der Waals surface area contributed by atoms with Crippen LogP contribution in [0.1, 0.15) is 31.2 Å². The number of rotatable bonds is 0. The Hall–Kier alpha value is -1.30. The molecule has 0 amide bonds. The molecule has 0 spiro atoms. The predicted octanol–water partition coefficient (Wildman–Crippen LogP) is 2.30. The van der Waals surface area contributed by atoms with Crippen molar-refractivity contribution in [2.75, 3.05) is 0 Å². The maximum atomic E-state index is 2.50. The molecule has 0 fully saturated rings. The summed E-state index contributed by atoms with van der Waals surface area (Å²) in [5.41, 5.74) is 4.97. The van der Waals surface area contributed by atoms with Crippen LogP contribution in [0.25, 0.3) is 11.6 Å². The summed E-state index contributed by atoms with van der Waals surface area (Å²) in [6.45, 7) is 0. The van der Waals surface area contributed by atoms with Crippen LogP contribution in [-0.2, 0) is 6.42 Å². The van der Waals surface area contributed by atoms with Crippen LogP contribution in [0, 0.1) is 5.92 Å². The average Bonchev–Trinajstić information content (AvgIpc) is 2.36. The molecule has 1 atom stereocenters. The van der Waals surface area contributed by atoms with Gasteiger partial charge in [0.25, 0.3) is 0 Å². The van der Waals surface area contributed by atoms with Gasteiger partial charge >= 0.3 is 0 Å². The van der Waals surface area contributed by atoms with E-state index in [9.17, 15) is 0 Å². The highest BCUT2D eigenvalue weighted by Crippen LogP contribution is 2.37. The molecular weight excluding hydrogens is 192 g/mol. The molecule has 0 N–H and O–H groups in total. The Labute approximate surface area is 96.0 Å². The molecule has 80 valence electrons. The van der Waals surface area contributed by atoms with Crippen molar-refractivity contribution in [2.45, 2.75) is 32.1 Å². The average molecular weight is 208 g/mol. The molecule has 1 unspecified atom stereocenters. The van der Waals surface area contributed by atoms with E-state index in [-0.39, 0.29) is 0 Å². The third-order valence-corrected chi connectivity index (χ3v) is 4.40. The molecule has 3 aliphatic carbocycles. The molecule has 1 aromatic rings. The van der Waals surface area contributed by atoms with E-state index in [1.165, 1.54) is 37.3 Å².